The van der Waals surface area contributed by atoms with E-state index in [1.165, 1.54) is 0 Å². The first-order chi connectivity index (χ1) is 12.7. The van der Waals surface area contributed by atoms with Gasteiger partial charge in [-0.2, -0.15) is 5.10 Å². The molecule has 2 aromatic rings. The number of amides is 1. The highest BCUT2D eigenvalue weighted by molar-refractivity contribution is 7.91. The van der Waals surface area contributed by atoms with Crippen molar-refractivity contribution >= 4 is 33.2 Å². The van der Waals surface area contributed by atoms with Gasteiger partial charge in [-0.25, -0.2) is 13.1 Å². The number of benzene rings is 1. The molecule has 1 aliphatic rings. The molecule has 0 aliphatic carbocycles. The van der Waals surface area contributed by atoms with Crippen LogP contribution in [0.2, 0.25) is 5.02 Å². The first-order valence-electron chi connectivity index (χ1n) is 8.71. The van der Waals surface area contributed by atoms with Crippen molar-refractivity contribution in [1.29, 1.82) is 0 Å². The van der Waals surface area contributed by atoms with E-state index in [0.717, 1.165) is 11.3 Å². The molecule has 146 valence electrons. The summed E-state index contributed by atoms with van der Waals surface area (Å²) in [6.07, 6.45) is 0.567. The van der Waals surface area contributed by atoms with Crippen LogP contribution in [0.1, 0.15) is 17.7 Å². The van der Waals surface area contributed by atoms with Crippen LogP contribution in [0.15, 0.2) is 30.3 Å². The summed E-state index contributed by atoms with van der Waals surface area (Å²) in [5, 5.41) is 7.96. The van der Waals surface area contributed by atoms with Crippen molar-refractivity contribution in [3.8, 4) is 0 Å². The van der Waals surface area contributed by atoms with E-state index in [-0.39, 0.29) is 30.0 Å². The van der Waals surface area contributed by atoms with Crippen molar-refractivity contribution in [3.05, 3.63) is 46.6 Å². The summed E-state index contributed by atoms with van der Waals surface area (Å²) in [4.78, 5) is 14.2. The standard InChI is InChI=1S/C18H23ClN4O3S/c1-13-8-17(23(21-13)10-14-4-3-5-15(19)9-14)20-18(24)11-22(2)16-6-7-27(25,26)12-16/h3-5,8-9,16H,6-7,10-12H2,1-2H3,(H,20,24). The Kier molecular flexibility index (Phi) is 5.88. The maximum atomic E-state index is 12.4. The number of likely N-dealkylation sites (N-methyl/N-ethyl adjacent to an activating group) is 1. The van der Waals surface area contributed by atoms with Crippen molar-refractivity contribution in [2.45, 2.75) is 25.9 Å². The molecular weight excluding hydrogens is 388 g/mol. The summed E-state index contributed by atoms with van der Waals surface area (Å²) >= 11 is 6.03. The molecule has 3 rings (SSSR count). The second-order valence-electron chi connectivity index (χ2n) is 6.98. The van der Waals surface area contributed by atoms with Crippen molar-refractivity contribution in [3.63, 3.8) is 0 Å². The molecule has 0 saturated carbocycles. The van der Waals surface area contributed by atoms with Crippen LogP contribution in [0, 0.1) is 6.92 Å². The molecule has 1 amide bonds. The number of carbonyl (C=O) groups is 1. The molecule has 7 nitrogen and oxygen atoms in total. The van der Waals surface area contributed by atoms with E-state index in [1.54, 1.807) is 22.7 Å². The van der Waals surface area contributed by atoms with Gasteiger partial charge in [0.1, 0.15) is 5.82 Å². The topological polar surface area (TPSA) is 84.3 Å². The molecule has 1 atom stereocenters. The van der Waals surface area contributed by atoms with Crippen LogP contribution in [0.4, 0.5) is 5.82 Å². The lowest BCUT2D eigenvalue weighted by molar-refractivity contribution is -0.117. The number of aromatic nitrogens is 2. The SMILES string of the molecule is Cc1cc(NC(=O)CN(C)C2CCS(=O)(=O)C2)n(Cc2cccc(Cl)c2)n1. The molecule has 1 aliphatic heterocycles. The second-order valence-corrected chi connectivity index (χ2v) is 9.64. The van der Waals surface area contributed by atoms with E-state index < -0.39 is 9.84 Å². The third-order valence-corrected chi connectivity index (χ3v) is 6.60. The van der Waals surface area contributed by atoms with Gasteiger partial charge in [-0.3, -0.25) is 9.69 Å². The van der Waals surface area contributed by atoms with Crippen molar-refractivity contribution < 1.29 is 13.2 Å². The number of sulfone groups is 1. The molecule has 9 heteroatoms. The Hall–Kier alpha value is -1.90. The number of nitrogens with one attached hydrogen (secondary N) is 1. The van der Waals surface area contributed by atoms with Crippen molar-refractivity contribution in [1.82, 2.24) is 14.7 Å². The zero-order chi connectivity index (χ0) is 19.6. The van der Waals surface area contributed by atoms with Crippen LogP contribution in [0.5, 0.6) is 0 Å². The number of hydrogen-bond acceptors (Lipinski definition) is 5. The van der Waals surface area contributed by atoms with Gasteiger partial charge in [-0.05, 0) is 38.1 Å². The van der Waals surface area contributed by atoms with E-state index in [0.29, 0.717) is 23.8 Å². The summed E-state index contributed by atoms with van der Waals surface area (Å²) in [6, 6.07) is 9.18. The summed E-state index contributed by atoms with van der Waals surface area (Å²) in [6.45, 7) is 2.47. The van der Waals surface area contributed by atoms with Crippen molar-refractivity contribution in [2.75, 3.05) is 30.4 Å². The molecule has 1 unspecified atom stereocenters. The summed E-state index contributed by atoms with van der Waals surface area (Å²) in [7, 11) is -1.20. The van der Waals surface area contributed by atoms with E-state index in [4.69, 9.17) is 11.6 Å². The first-order valence-corrected chi connectivity index (χ1v) is 10.9. The van der Waals surface area contributed by atoms with Gasteiger partial charge in [0.2, 0.25) is 5.91 Å². The minimum Gasteiger partial charge on any atom is -0.310 e. The van der Waals surface area contributed by atoms with Crippen LogP contribution < -0.4 is 5.32 Å². The summed E-state index contributed by atoms with van der Waals surface area (Å²) in [5.74, 6) is 0.705. The third-order valence-electron chi connectivity index (χ3n) is 4.62. The fourth-order valence-electron chi connectivity index (χ4n) is 3.24. The highest BCUT2D eigenvalue weighted by Gasteiger charge is 2.31. The van der Waals surface area contributed by atoms with E-state index in [1.807, 2.05) is 31.2 Å². The molecule has 0 radical (unpaired) electrons. The molecule has 1 saturated heterocycles. The van der Waals surface area contributed by atoms with Crippen LogP contribution in [-0.2, 0) is 21.2 Å². The van der Waals surface area contributed by atoms with E-state index in [2.05, 4.69) is 10.4 Å². The molecule has 2 heterocycles. The molecule has 0 spiro atoms. The van der Waals surface area contributed by atoms with Crippen molar-refractivity contribution in [2.24, 2.45) is 0 Å². The smallest absolute Gasteiger partial charge is 0.239 e. The van der Waals surface area contributed by atoms with Gasteiger partial charge in [-0.1, -0.05) is 23.7 Å². The largest absolute Gasteiger partial charge is 0.310 e. The van der Waals surface area contributed by atoms with Gasteiger partial charge in [0.15, 0.2) is 9.84 Å². The fraction of sp³-hybridized carbons (Fsp3) is 0.444. The number of hydrogen-bond donors (Lipinski definition) is 1. The number of rotatable bonds is 6. The Labute approximate surface area is 164 Å². The zero-order valence-corrected chi connectivity index (χ0v) is 16.9. The zero-order valence-electron chi connectivity index (χ0n) is 15.4. The van der Waals surface area contributed by atoms with Gasteiger partial charge < -0.3 is 5.32 Å². The van der Waals surface area contributed by atoms with Crippen LogP contribution in [0.25, 0.3) is 0 Å². The number of carbonyl (C=O) groups excluding carboxylic acids is 1. The van der Waals surface area contributed by atoms with Gasteiger partial charge in [0, 0.05) is 17.1 Å². The molecule has 1 aromatic carbocycles. The van der Waals surface area contributed by atoms with Crippen LogP contribution >= 0.6 is 11.6 Å². The van der Waals surface area contributed by atoms with Crippen LogP contribution in [0.3, 0.4) is 0 Å². The third kappa shape index (κ3) is 5.31. The molecule has 27 heavy (non-hydrogen) atoms. The molecular formula is C18H23ClN4O3S. The minimum absolute atomic E-state index is 0.112. The quantitative estimate of drug-likeness (QED) is 0.786. The predicted octanol–water partition coefficient (Wildman–Crippen LogP) is 1.95. The Bertz CT molecular complexity index is 942. The maximum Gasteiger partial charge on any atom is 0.239 e. The number of aryl methyl sites for hydroxylation is 1. The number of nitrogens with zero attached hydrogens (tertiary/aromatic N) is 3. The van der Waals surface area contributed by atoms with E-state index >= 15 is 0 Å². The molecule has 1 aromatic heterocycles. The Morgan fingerprint density at radius 3 is 2.85 bits per heavy atom. The lowest BCUT2D eigenvalue weighted by Crippen LogP contribution is -2.38. The average molecular weight is 411 g/mol. The average Bonchev–Trinajstić information content (AvgIpc) is 3.09. The number of anilines is 1. The molecule has 0 bridgehead atoms. The Balaban J connectivity index is 1.64. The monoisotopic (exact) mass is 410 g/mol. The summed E-state index contributed by atoms with van der Waals surface area (Å²) < 4.78 is 25.0. The first kappa shape index (κ1) is 19.9. The fourth-order valence-corrected chi connectivity index (χ4v) is 5.25. The van der Waals surface area contributed by atoms with Gasteiger partial charge in [0.05, 0.1) is 30.3 Å². The van der Waals surface area contributed by atoms with Gasteiger partial charge in [0.25, 0.3) is 0 Å². The van der Waals surface area contributed by atoms with E-state index in [9.17, 15) is 13.2 Å². The highest BCUT2D eigenvalue weighted by Crippen LogP contribution is 2.18. The molecule has 1 fully saturated rings. The van der Waals surface area contributed by atoms with Crippen LogP contribution in [-0.4, -0.2) is 60.1 Å². The molecule has 1 N–H and O–H groups in total. The predicted molar refractivity (Wildman–Crippen MR) is 106 cm³/mol. The lowest BCUT2D eigenvalue weighted by atomic mass is 10.2. The summed E-state index contributed by atoms with van der Waals surface area (Å²) in [5.41, 5.74) is 1.77. The Morgan fingerprint density at radius 2 is 2.19 bits per heavy atom. The number of halogens is 1. The lowest BCUT2D eigenvalue weighted by Gasteiger charge is -2.22. The highest BCUT2D eigenvalue weighted by atomic mass is 35.5. The minimum atomic E-state index is -2.97. The normalized spacial score (nSPS) is 18.7. The maximum absolute atomic E-state index is 12.4. The second kappa shape index (κ2) is 8.00. The van der Waals surface area contributed by atoms with Gasteiger partial charge in [-0.15, -0.1) is 0 Å². The Morgan fingerprint density at radius 1 is 1.41 bits per heavy atom. The van der Waals surface area contributed by atoms with Gasteiger partial charge >= 0.3 is 0 Å².